The van der Waals surface area contributed by atoms with Crippen LogP contribution >= 0.6 is 0 Å². The fraction of sp³-hybridized carbons (Fsp3) is 0.769. The molecular weight excluding hydrogens is 315 g/mol. The molecule has 1 aliphatic heterocycles. The quantitative estimate of drug-likeness (QED) is 0.866. The number of alkyl halides is 3. The third-order valence-electron chi connectivity index (χ3n) is 4.09. The number of aliphatic hydroxyl groups excluding tert-OH is 1. The van der Waals surface area contributed by atoms with Crippen molar-refractivity contribution in [3.05, 3.63) is 12.7 Å². The van der Waals surface area contributed by atoms with Crippen molar-refractivity contribution in [3.63, 3.8) is 0 Å². The first-order valence-electron chi connectivity index (χ1n) is 7.40. The van der Waals surface area contributed by atoms with E-state index in [4.69, 9.17) is 0 Å². The fourth-order valence-electron chi connectivity index (χ4n) is 2.62. The molecule has 0 spiro atoms. The lowest BCUT2D eigenvalue weighted by Crippen LogP contribution is -2.48. The van der Waals surface area contributed by atoms with Crippen LogP contribution in [0.3, 0.4) is 0 Å². The van der Waals surface area contributed by atoms with Gasteiger partial charge in [0, 0.05) is 13.1 Å². The Bertz CT molecular complexity index is 498. The molecule has 2 rings (SSSR count). The van der Waals surface area contributed by atoms with E-state index in [2.05, 4.69) is 15.4 Å². The molecule has 7 nitrogen and oxygen atoms in total. The molecule has 2 atom stereocenters. The number of rotatable bonds is 4. The Morgan fingerprint density at radius 3 is 2.57 bits per heavy atom. The molecule has 1 saturated heterocycles. The summed E-state index contributed by atoms with van der Waals surface area (Å²) in [6.07, 6.45) is -1.73. The predicted molar refractivity (Wildman–Crippen MR) is 74.5 cm³/mol. The molecule has 2 heterocycles. The lowest BCUT2D eigenvalue weighted by Gasteiger charge is -2.33. The Hall–Kier alpha value is -1.84. The zero-order valence-electron chi connectivity index (χ0n) is 12.7. The number of likely N-dealkylation sites (tertiary alicyclic amines) is 1. The number of aliphatic hydroxyl groups is 1. The average Bonchev–Trinajstić information content (AvgIpc) is 3.00. The molecule has 1 aliphatic rings. The second kappa shape index (κ2) is 7.16. The summed E-state index contributed by atoms with van der Waals surface area (Å²) in [6.45, 7) is 1.93. The summed E-state index contributed by atoms with van der Waals surface area (Å²) in [6, 6.07) is -2.49. The van der Waals surface area contributed by atoms with Crippen LogP contribution in [-0.4, -0.2) is 62.7 Å². The molecule has 23 heavy (non-hydrogen) atoms. The first-order chi connectivity index (χ1) is 10.8. The van der Waals surface area contributed by atoms with E-state index < -0.39 is 30.9 Å². The lowest BCUT2D eigenvalue weighted by atomic mass is 9.92. The number of nitrogens with zero attached hydrogens (tertiary/aromatic N) is 4. The van der Waals surface area contributed by atoms with Crippen LogP contribution in [0.15, 0.2) is 12.7 Å². The van der Waals surface area contributed by atoms with Gasteiger partial charge in [-0.25, -0.2) is 14.5 Å². The molecule has 1 fully saturated rings. The second-order valence-electron chi connectivity index (χ2n) is 5.68. The summed E-state index contributed by atoms with van der Waals surface area (Å²) in [7, 11) is 0. The van der Waals surface area contributed by atoms with Gasteiger partial charge in [0.2, 0.25) is 0 Å². The van der Waals surface area contributed by atoms with E-state index in [1.165, 1.54) is 4.90 Å². The van der Waals surface area contributed by atoms with Crippen LogP contribution in [0.25, 0.3) is 0 Å². The van der Waals surface area contributed by atoms with Gasteiger partial charge in [-0.1, -0.05) is 0 Å². The molecule has 1 aromatic rings. The highest BCUT2D eigenvalue weighted by Crippen LogP contribution is 2.29. The summed E-state index contributed by atoms with van der Waals surface area (Å²) in [5.41, 5.74) is 0. The van der Waals surface area contributed by atoms with Crippen LogP contribution in [0, 0.1) is 5.92 Å². The maximum atomic E-state index is 13.0. The highest BCUT2D eigenvalue weighted by molar-refractivity contribution is 5.74. The largest absolute Gasteiger partial charge is 0.412 e. The number of piperidine rings is 1. The van der Waals surface area contributed by atoms with Crippen molar-refractivity contribution in [2.75, 3.05) is 19.6 Å². The van der Waals surface area contributed by atoms with Crippen molar-refractivity contribution in [3.8, 4) is 0 Å². The molecule has 0 saturated carbocycles. The minimum atomic E-state index is -4.54. The SMILES string of the molecule is CC(O)C1CCN(C(=O)NCC(n2cncn2)C(F)(F)F)CC1. The van der Waals surface area contributed by atoms with E-state index in [9.17, 15) is 23.1 Å². The van der Waals surface area contributed by atoms with Gasteiger partial charge in [-0.2, -0.15) is 18.3 Å². The summed E-state index contributed by atoms with van der Waals surface area (Å²) < 4.78 is 39.8. The van der Waals surface area contributed by atoms with Gasteiger partial charge in [0.05, 0.1) is 12.6 Å². The first kappa shape index (κ1) is 17.5. The topological polar surface area (TPSA) is 83.3 Å². The summed E-state index contributed by atoms with van der Waals surface area (Å²) in [4.78, 5) is 17.0. The summed E-state index contributed by atoms with van der Waals surface area (Å²) in [5, 5.41) is 15.3. The molecule has 0 radical (unpaired) electrons. The number of carbonyl (C=O) groups excluding carboxylic acids is 1. The van der Waals surface area contributed by atoms with Gasteiger partial charge in [-0.3, -0.25) is 0 Å². The number of carbonyl (C=O) groups is 1. The highest BCUT2D eigenvalue weighted by atomic mass is 19.4. The van der Waals surface area contributed by atoms with Gasteiger partial charge < -0.3 is 15.3 Å². The molecule has 2 unspecified atom stereocenters. The lowest BCUT2D eigenvalue weighted by molar-refractivity contribution is -0.168. The number of hydrogen-bond donors (Lipinski definition) is 2. The second-order valence-corrected chi connectivity index (χ2v) is 5.68. The van der Waals surface area contributed by atoms with Crippen LogP contribution < -0.4 is 5.32 Å². The summed E-state index contributed by atoms with van der Waals surface area (Å²) >= 11 is 0. The zero-order valence-corrected chi connectivity index (χ0v) is 12.7. The highest BCUT2D eigenvalue weighted by Gasteiger charge is 2.42. The number of halogens is 3. The minimum Gasteiger partial charge on any atom is -0.393 e. The predicted octanol–water partition coefficient (Wildman–Crippen LogP) is 1.18. The zero-order chi connectivity index (χ0) is 17.0. The first-order valence-corrected chi connectivity index (χ1v) is 7.40. The Kier molecular flexibility index (Phi) is 5.45. The van der Waals surface area contributed by atoms with Gasteiger partial charge in [0.1, 0.15) is 12.7 Å². The Morgan fingerprint density at radius 2 is 2.09 bits per heavy atom. The van der Waals surface area contributed by atoms with E-state index in [1.54, 1.807) is 6.92 Å². The number of aromatic nitrogens is 3. The standard InChI is InChI=1S/C13H20F3N5O2/c1-9(22)10-2-4-20(5-3-10)12(23)18-6-11(13(14,15)16)21-8-17-7-19-21/h7-11,22H,2-6H2,1H3,(H,18,23). The van der Waals surface area contributed by atoms with Crippen LogP contribution in [0.1, 0.15) is 25.8 Å². The smallest absolute Gasteiger partial charge is 0.393 e. The van der Waals surface area contributed by atoms with Crippen LogP contribution in [0.2, 0.25) is 0 Å². The molecule has 130 valence electrons. The molecule has 0 aliphatic carbocycles. The number of amides is 2. The maximum absolute atomic E-state index is 13.0. The maximum Gasteiger partial charge on any atom is 0.412 e. The number of hydrogen-bond acceptors (Lipinski definition) is 4. The van der Waals surface area contributed by atoms with Crippen molar-refractivity contribution in [2.45, 2.75) is 38.1 Å². The number of urea groups is 1. The number of nitrogens with one attached hydrogen (secondary N) is 1. The van der Waals surface area contributed by atoms with E-state index >= 15 is 0 Å². The van der Waals surface area contributed by atoms with Crippen molar-refractivity contribution < 1.29 is 23.1 Å². The molecule has 0 bridgehead atoms. The molecular formula is C13H20F3N5O2. The molecule has 2 N–H and O–H groups in total. The third kappa shape index (κ3) is 4.57. The monoisotopic (exact) mass is 335 g/mol. The normalized spacial score (nSPS) is 19.4. The van der Waals surface area contributed by atoms with Crippen molar-refractivity contribution in [2.24, 2.45) is 5.92 Å². The molecule has 2 amide bonds. The van der Waals surface area contributed by atoms with E-state index in [1.807, 2.05) is 0 Å². The van der Waals surface area contributed by atoms with Crippen LogP contribution in [-0.2, 0) is 0 Å². The van der Waals surface area contributed by atoms with Crippen molar-refractivity contribution >= 4 is 6.03 Å². The Morgan fingerprint density at radius 1 is 1.43 bits per heavy atom. The summed E-state index contributed by atoms with van der Waals surface area (Å²) in [5.74, 6) is 0.122. The third-order valence-corrected chi connectivity index (χ3v) is 4.09. The molecule has 10 heteroatoms. The van der Waals surface area contributed by atoms with Crippen LogP contribution in [0.4, 0.5) is 18.0 Å². The van der Waals surface area contributed by atoms with Gasteiger partial charge in [0.25, 0.3) is 0 Å². The van der Waals surface area contributed by atoms with Crippen molar-refractivity contribution in [1.82, 2.24) is 25.0 Å². The van der Waals surface area contributed by atoms with Gasteiger partial charge in [-0.05, 0) is 25.7 Å². The van der Waals surface area contributed by atoms with Crippen LogP contribution in [0.5, 0.6) is 0 Å². The van der Waals surface area contributed by atoms with E-state index in [0.717, 1.165) is 12.7 Å². The minimum absolute atomic E-state index is 0.122. The molecule has 0 aromatic carbocycles. The Balaban J connectivity index is 1.88. The molecule has 1 aromatic heterocycles. The van der Waals surface area contributed by atoms with E-state index in [0.29, 0.717) is 30.6 Å². The Labute approximate surface area is 131 Å². The van der Waals surface area contributed by atoms with Crippen molar-refractivity contribution in [1.29, 1.82) is 0 Å². The van der Waals surface area contributed by atoms with E-state index in [-0.39, 0.29) is 5.92 Å². The van der Waals surface area contributed by atoms with Gasteiger partial charge in [-0.15, -0.1) is 0 Å². The fourth-order valence-corrected chi connectivity index (χ4v) is 2.62. The van der Waals surface area contributed by atoms with Gasteiger partial charge in [0.15, 0.2) is 6.04 Å². The van der Waals surface area contributed by atoms with Gasteiger partial charge >= 0.3 is 12.2 Å². The average molecular weight is 335 g/mol.